The van der Waals surface area contributed by atoms with E-state index in [0.29, 0.717) is 0 Å². The van der Waals surface area contributed by atoms with Gasteiger partial charge in [0.05, 0.1) is 11.5 Å². The lowest BCUT2D eigenvalue weighted by molar-refractivity contribution is -0.157. The van der Waals surface area contributed by atoms with Crippen molar-refractivity contribution in [3.8, 4) is 0 Å². The van der Waals surface area contributed by atoms with Gasteiger partial charge in [0.15, 0.2) is 0 Å². The van der Waals surface area contributed by atoms with Crippen LogP contribution in [-0.4, -0.2) is 22.8 Å². The van der Waals surface area contributed by atoms with Crippen molar-refractivity contribution in [2.75, 3.05) is 0 Å². The van der Waals surface area contributed by atoms with Crippen molar-refractivity contribution < 1.29 is 14.6 Å². The van der Waals surface area contributed by atoms with Gasteiger partial charge in [-0.1, -0.05) is 20.8 Å². The van der Waals surface area contributed by atoms with E-state index in [2.05, 4.69) is 20.8 Å². The summed E-state index contributed by atoms with van der Waals surface area (Å²) >= 11 is 0. The lowest BCUT2D eigenvalue weighted by Crippen LogP contribution is -2.36. The Kier molecular flexibility index (Phi) is 3.25. The smallest absolute Gasteiger partial charge is 0.312 e. The number of hydrogen-bond donors (Lipinski definition) is 1. The van der Waals surface area contributed by atoms with Crippen LogP contribution in [0.5, 0.6) is 0 Å². The molecule has 18 heavy (non-hydrogen) atoms. The molecule has 3 heteroatoms. The second-order valence-corrected chi connectivity index (χ2v) is 7.78. The molecule has 1 atom stereocenters. The number of ether oxygens (including phenoxy) is 1. The van der Waals surface area contributed by atoms with Gasteiger partial charge in [-0.25, -0.2) is 0 Å². The van der Waals surface area contributed by atoms with Crippen molar-refractivity contribution in [1.29, 1.82) is 0 Å². The fourth-order valence-corrected chi connectivity index (χ4v) is 3.85. The van der Waals surface area contributed by atoms with Gasteiger partial charge in [-0.3, -0.25) is 4.79 Å². The highest BCUT2D eigenvalue weighted by Crippen LogP contribution is 2.51. The minimum absolute atomic E-state index is 0.0335. The number of esters is 1. The van der Waals surface area contributed by atoms with Gasteiger partial charge in [0, 0.05) is 6.42 Å². The third-order valence-electron chi connectivity index (χ3n) is 4.30. The molecule has 0 amide bonds. The van der Waals surface area contributed by atoms with Crippen molar-refractivity contribution in [3.05, 3.63) is 0 Å². The average molecular weight is 254 g/mol. The Balaban J connectivity index is 2.11. The molecule has 0 aromatic carbocycles. The zero-order chi connectivity index (χ0) is 13.6. The van der Waals surface area contributed by atoms with Gasteiger partial charge in [0.2, 0.25) is 0 Å². The van der Waals surface area contributed by atoms with Crippen LogP contribution < -0.4 is 0 Å². The van der Waals surface area contributed by atoms with E-state index in [0.717, 1.165) is 38.5 Å². The Morgan fingerprint density at radius 1 is 1.33 bits per heavy atom. The van der Waals surface area contributed by atoms with E-state index in [4.69, 9.17) is 4.74 Å². The van der Waals surface area contributed by atoms with Gasteiger partial charge < -0.3 is 9.84 Å². The van der Waals surface area contributed by atoms with E-state index in [1.165, 1.54) is 0 Å². The van der Waals surface area contributed by atoms with Crippen LogP contribution in [0.4, 0.5) is 0 Å². The first kappa shape index (κ1) is 13.9. The molecule has 3 nitrogen and oxygen atoms in total. The van der Waals surface area contributed by atoms with E-state index in [1.807, 2.05) is 6.92 Å². The minimum atomic E-state index is -0.347. The molecular weight excluding hydrogens is 228 g/mol. The quantitative estimate of drug-likeness (QED) is 0.732. The molecule has 1 aliphatic heterocycles. The van der Waals surface area contributed by atoms with Crippen molar-refractivity contribution >= 4 is 5.97 Å². The summed E-state index contributed by atoms with van der Waals surface area (Å²) in [7, 11) is 0. The van der Waals surface area contributed by atoms with Crippen molar-refractivity contribution in [2.45, 2.75) is 77.9 Å². The number of aliphatic hydroxyl groups excluding tert-OH is 1. The molecule has 1 N–H and O–H groups in total. The first-order chi connectivity index (χ1) is 8.14. The number of aliphatic hydroxyl groups is 1. The fraction of sp³-hybridized carbons (Fsp3) is 0.933. The van der Waals surface area contributed by atoms with E-state index in [-0.39, 0.29) is 28.5 Å². The van der Waals surface area contributed by atoms with Gasteiger partial charge in [0.25, 0.3) is 0 Å². The summed E-state index contributed by atoms with van der Waals surface area (Å²) in [4.78, 5) is 12.2. The predicted molar refractivity (Wildman–Crippen MR) is 70.1 cm³/mol. The summed E-state index contributed by atoms with van der Waals surface area (Å²) in [5.41, 5.74) is -0.496. The lowest BCUT2D eigenvalue weighted by atomic mass is 9.69. The standard InChI is InChI=1S/C15H26O3/c1-13(2,3)9-14(4)10-15(18-12(14)17)7-5-11(16)6-8-15/h11,16H,5-10H2,1-4H3. The Labute approximate surface area is 110 Å². The van der Waals surface area contributed by atoms with Crippen molar-refractivity contribution in [2.24, 2.45) is 10.8 Å². The SMILES string of the molecule is CC(C)(C)CC1(C)CC2(CCC(O)CC2)OC1=O. The maximum absolute atomic E-state index is 12.2. The highest BCUT2D eigenvalue weighted by molar-refractivity contribution is 5.79. The van der Waals surface area contributed by atoms with Crippen LogP contribution in [0.2, 0.25) is 0 Å². The third-order valence-corrected chi connectivity index (χ3v) is 4.30. The summed E-state index contributed by atoms with van der Waals surface area (Å²) < 4.78 is 5.75. The van der Waals surface area contributed by atoms with Crippen LogP contribution in [0.15, 0.2) is 0 Å². The molecule has 1 heterocycles. The molecule has 1 saturated carbocycles. The summed E-state index contributed by atoms with van der Waals surface area (Å²) in [6.07, 6.45) is 4.65. The number of carbonyl (C=O) groups excluding carboxylic acids is 1. The average Bonchev–Trinajstić information content (AvgIpc) is 2.42. The number of hydrogen-bond acceptors (Lipinski definition) is 3. The monoisotopic (exact) mass is 254 g/mol. The van der Waals surface area contributed by atoms with Gasteiger partial charge in [-0.15, -0.1) is 0 Å². The van der Waals surface area contributed by atoms with E-state index < -0.39 is 0 Å². The zero-order valence-electron chi connectivity index (χ0n) is 12.1. The molecule has 0 radical (unpaired) electrons. The molecular formula is C15H26O3. The normalized spacial score (nSPS) is 41.2. The first-order valence-electron chi connectivity index (χ1n) is 7.06. The molecule has 1 unspecified atom stereocenters. The Bertz CT molecular complexity index is 334. The molecule has 104 valence electrons. The van der Waals surface area contributed by atoms with Crippen LogP contribution >= 0.6 is 0 Å². The predicted octanol–water partition coefficient (Wildman–Crippen LogP) is 3.05. The molecule has 1 spiro atoms. The van der Waals surface area contributed by atoms with Crippen LogP contribution in [0, 0.1) is 10.8 Å². The maximum atomic E-state index is 12.2. The molecule has 0 aromatic rings. The van der Waals surface area contributed by atoms with Gasteiger partial charge in [-0.2, -0.15) is 0 Å². The largest absolute Gasteiger partial charge is 0.459 e. The summed E-state index contributed by atoms with van der Waals surface area (Å²) in [6.45, 7) is 8.55. The van der Waals surface area contributed by atoms with Crippen molar-refractivity contribution in [3.63, 3.8) is 0 Å². The zero-order valence-corrected chi connectivity index (χ0v) is 12.1. The Morgan fingerprint density at radius 2 is 1.89 bits per heavy atom. The topological polar surface area (TPSA) is 46.5 Å². The number of carbonyl (C=O) groups is 1. The second-order valence-electron chi connectivity index (χ2n) is 7.78. The van der Waals surface area contributed by atoms with Gasteiger partial charge in [0.1, 0.15) is 5.60 Å². The summed E-state index contributed by atoms with van der Waals surface area (Å²) in [6, 6.07) is 0. The maximum Gasteiger partial charge on any atom is 0.312 e. The van der Waals surface area contributed by atoms with Gasteiger partial charge >= 0.3 is 5.97 Å². The lowest BCUT2D eigenvalue weighted by Gasteiger charge is -2.35. The molecule has 2 aliphatic rings. The van der Waals surface area contributed by atoms with Crippen molar-refractivity contribution in [1.82, 2.24) is 0 Å². The van der Waals surface area contributed by atoms with E-state index in [1.54, 1.807) is 0 Å². The van der Waals surface area contributed by atoms with Crippen LogP contribution in [0.3, 0.4) is 0 Å². The third kappa shape index (κ3) is 2.71. The summed E-state index contributed by atoms with van der Waals surface area (Å²) in [5.74, 6) is -0.0335. The van der Waals surface area contributed by atoms with E-state index in [9.17, 15) is 9.90 Å². The Hall–Kier alpha value is -0.570. The second kappa shape index (κ2) is 4.22. The van der Waals surface area contributed by atoms with Crippen LogP contribution in [0.25, 0.3) is 0 Å². The van der Waals surface area contributed by atoms with Crippen LogP contribution in [-0.2, 0) is 9.53 Å². The molecule has 2 rings (SSSR count). The highest BCUT2D eigenvalue weighted by atomic mass is 16.6. The summed E-state index contributed by atoms with van der Waals surface area (Å²) in [5, 5.41) is 9.59. The van der Waals surface area contributed by atoms with Crippen LogP contribution in [0.1, 0.15) is 66.2 Å². The molecule has 2 fully saturated rings. The number of rotatable bonds is 1. The highest BCUT2D eigenvalue weighted by Gasteiger charge is 2.55. The molecule has 0 aromatic heterocycles. The van der Waals surface area contributed by atoms with E-state index >= 15 is 0 Å². The first-order valence-corrected chi connectivity index (χ1v) is 7.06. The molecule has 1 saturated heterocycles. The minimum Gasteiger partial charge on any atom is -0.459 e. The van der Waals surface area contributed by atoms with Gasteiger partial charge in [-0.05, 0) is 44.4 Å². The molecule has 0 bridgehead atoms. The molecule has 1 aliphatic carbocycles. The fourth-order valence-electron chi connectivity index (χ4n) is 3.85. The Morgan fingerprint density at radius 3 is 2.39 bits per heavy atom.